The molecule has 2 aromatic rings. The Balaban J connectivity index is 1.55. The molecule has 198 valence electrons. The summed E-state index contributed by atoms with van der Waals surface area (Å²) in [5, 5.41) is 3.03. The lowest BCUT2D eigenvalue weighted by molar-refractivity contribution is -0.121. The van der Waals surface area contributed by atoms with E-state index in [2.05, 4.69) is 16.8 Å². The number of carbonyl (C=O) groups excluding carboxylic acids is 1. The van der Waals surface area contributed by atoms with Crippen molar-refractivity contribution in [2.24, 2.45) is 11.7 Å². The van der Waals surface area contributed by atoms with E-state index < -0.39 is 15.9 Å². The summed E-state index contributed by atoms with van der Waals surface area (Å²) < 4.78 is 27.9. The van der Waals surface area contributed by atoms with E-state index in [1.807, 2.05) is 31.3 Å². The first kappa shape index (κ1) is 27.1. The molecule has 2 aliphatic rings. The fraction of sp³-hybridized carbons (Fsp3) is 0.414. The Kier molecular flexibility index (Phi) is 8.84. The average molecular weight is 523 g/mol. The quantitative estimate of drug-likeness (QED) is 0.519. The van der Waals surface area contributed by atoms with E-state index in [1.165, 1.54) is 19.0 Å². The molecule has 1 aliphatic heterocycles. The molecule has 1 heterocycles. The number of hydrogen-bond acceptors (Lipinski definition) is 5. The summed E-state index contributed by atoms with van der Waals surface area (Å²) in [4.78, 5) is 16.0. The standard InChI is InChI=1S/C29H38N4O3S/c1-22(27-10-6-5-9-24(27)15-16-30)31-29(34)28(21-23-7-3-4-8-23)25-11-13-26(14-12-25)37(35,36)33-19-17-32(2)18-20-33/h5-6,9-16,23,28H,1,3-4,7-8,17-21,30H2,2H3,(H,31,34)/b16-15-. The number of sulfonamides is 1. The Bertz CT molecular complexity index is 1230. The summed E-state index contributed by atoms with van der Waals surface area (Å²) >= 11 is 0. The number of nitrogens with one attached hydrogen (secondary N) is 1. The number of likely N-dealkylation sites (N-methyl/N-ethyl adjacent to an activating group) is 1. The molecular formula is C29H38N4O3S. The summed E-state index contributed by atoms with van der Waals surface area (Å²) in [5.41, 5.74) is 8.63. The maximum atomic E-state index is 13.6. The third kappa shape index (κ3) is 6.50. The van der Waals surface area contributed by atoms with E-state index in [-0.39, 0.29) is 10.8 Å². The van der Waals surface area contributed by atoms with E-state index in [9.17, 15) is 13.2 Å². The van der Waals surface area contributed by atoms with E-state index >= 15 is 0 Å². The smallest absolute Gasteiger partial charge is 0.243 e. The predicted molar refractivity (Wildman–Crippen MR) is 149 cm³/mol. The highest BCUT2D eigenvalue weighted by molar-refractivity contribution is 7.89. The van der Waals surface area contributed by atoms with Crippen LogP contribution in [-0.2, 0) is 14.8 Å². The van der Waals surface area contributed by atoms with Gasteiger partial charge in [-0.25, -0.2) is 8.42 Å². The number of nitrogens with two attached hydrogens (primary N) is 1. The zero-order chi connectivity index (χ0) is 26.4. The van der Waals surface area contributed by atoms with Crippen LogP contribution in [0.5, 0.6) is 0 Å². The van der Waals surface area contributed by atoms with Gasteiger partial charge < -0.3 is 16.0 Å². The molecule has 2 fully saturated rings. The number of benzene rings is 2. The van der Waals surface area contributed by atoms with Crippen molar-refractivity contribution in [2.45, 2.75) is 42.9 Å². The second kappa shape index (κ2) is 12.1. The van der Waals surface area contributed by atoms with Crippen molar-refractivity contribution >= 4 is 27.7 Å². The molecule has 4 rings (SSSR count). The van der Waals surface area contributed by atoms with Crippen LogP contribution in [-0.4, -0.2) is 56.8 Å². The molecule has 2 aromatic carbocycles. The second-order valence-corrected chi connectivity index (χ2v) is 12.1. The minimum Gasteiger partial charge on any atom is -0.405 e. The van der Waals surface area contributed by atoms with Crippen LogP contribution >= 0.6 is 0 Å². The van der Waals surface area contributed by atoms with Crippen LogP contribution < -0.4 is 11.1 Å². The zero-order valence-electron chi connectivity index (χ0n) is 21.6. The largest absolute Gasteiger partial charge is 0.405 e. The van der Waals surface area contributed by atoms with Crippen LogP contribution in [0.15, 0.2) is 66.2 Å². The first-order valence-corrected chi connectivity index (χ1v) is 14.5. The van der Waals surface area contributed by atoms with Gasteiger partial charge in [0.05, 0.1) is 10.8 Å². The monoisotopic (exact) mass is 522 g/mol. The van der Waals surface area contributed by atoms with E-state index in [0.717, 1.165) is 49.0 Å². The van der Waals surface area contributed by atoms with Crippen molar-refractivity contribution in [3.8, 4) is 0 Å². The number of nitrogens with zero attached hydrogens (tertiary/aromatic N) is 2. The lowest BCUT2D eigenvalue weighted by atomic mass is 9.87. The van der Waals surface area contributed by atoms with Gasteiger partial charge in [0.2, 0.25) is 15.9 Å². The van der Waals surface area contributed by atoms with Gasteiger partial charge in [0.25, 0.3) is 0 Å². The fourth-order valence-corrected chi connectivity index (χ4v) is 6.77. The fourth-order valence-electron chi connectivity index (χ4n) is 5.35. The van der Waals surface area contributed by atoms with Crippen molar-refractivity contribution in [3.63, 3.8) is 0 Å². The van der Waals surface area contributed by atoms with Crippen LogP contribution in [0.4, 0.5) is 0 Å². The Morgan fingerprint density at radius 3 is 2.38 bits per heavy atom. The SMILES string of the molecule is C=C(NC(=O)C(CC1CCCC1)c1ccc(S(=O)(=O)N2CCN(C)CC2)cc1)c1ccccc1/C=C\N. The summed E-state index contributed by atoms with van der Waals surface area (Å²) in [5.74, 6) is -0.0409. The molecule has 1 aliphatic carbocycles. The van der Waals surface area contributed by atoms with Gasteiger partial charge in [-0.2, -0.15) is 4.31 Å². The highest BCUT2D eigenvalue weighted by Crippen LogP contribution is 2.35. The zero-order valence-corrected chi connectivity index (χ0v) is 22.4. The van der Waals surface area contributed by atoms with E-state index in [4.69, 9.17) is 5.73 Å². The van der Waals surface area contributed by atoms with Gasteiger partial charge in [0.1, 0.15) is 0 Å². The maximum Gasteiger partial charge on any atom is 0.243 e. The molecule has 3 N–H and O–H groups in total. The molecule has 0 radical (unpaired) electrons. The van der Waals surface area contributed by atoms with Crippen molar-refractivity contribution in [3.05, 3.63) is 78.0 Å². The number of piperazine rings is 1. The Morgan fingerprint density at radius 1 is 1.08 bits per heavy atom. The Labute approximate surface area is 221 Å². The molecule has 1 unspecified atom stereocenters. The summed E-state index contributed by atoms with van der Waals surface area (Å²) in [6.07, 6.45) is 8.58. The van der Waals surface area contributed by atoms with Gasteiger partial charge in [-0.1, -0.05) is 68.7 Å². The third-order valence-electron chi connectivity index (χ3n) is 7.58. The van der Waals surface area contributed by atoms with Gasteiger partial charge in [0.15, 0.2) is 0 Å². The van der Waals surface area contributed by atoms with Crippen molar-refractivity contribution < 1.29 is 13.2 Å². The van der Waals surface area contributed by atoms with Gasteiger partial charge in [-0.15, -0.1) is 0 Å². The molecule has 1 atom stereocenters. The number of rotatable bonds is 9. The van der Waals surface area contributed by atoms with Gasteiger partial charge in [-0.05, 0) is 54.9 Å². The summed E-state index contributed by atoms with van der Waals surface area (Å²) in [6.45, 7) is 6.52. The molecule has 1 saturated carbocycles. The van der Waals surface area contributed by atoms with Crippen LogP contribution in [0, 0.1) is 5.92 Å². The molecule has 0 aromatic heterocycles. The van der Waals surface area contributed by atoms with E-state index in [1.54, 1.807) is 34.6 Å². The maximum absolute atomic E-state index is 13.6. The number of carbonyl (C=O) groups is 1. The minimum absolute atomic E-state index is 0.127. The van der Waals surface area contributed by atoms with Crippen molar-refractivity contribution in [1.82, 2.24) is 14.5 Å². The lowest BCUT2D eigenvalue weighted by Gasteiger charge is -2.31. The second-order valence-electron chi connectivity index (χ2n) is 10.1. The third-order valence-corrected chi connectivity index (χ3v) is 9.49. The van der Waals surface area contributed by atoms with Gasteiger partial charge in [-0.3, -0.25) is 4.79 Å². The Hall–Kier alpha value is -2.94. The molecule has 0 spiro atoms. The van der Waals surface area contributed by atoms with Gasteiger partial charge >= 0.3 is 0 Å². The van der Waals surface area contributed by atoms with Crippen LogP contribution in [0.3, 0.4) is 0 Å². The molecule has 7 nitrogen and oxygen atoms in total. The van der Waals surface area contributed by atoms with Crippen LogP contribution in [0.1, 0.15) is 54.7 Å². The summed E-state index contributed by atoms with van der Waals surface area (Å²) in [7, 11) is -1.56. The summed E-state index contributed by atoms with van der Waals surface area (Å²) in [6, 6.07) is 14.5. The van der Waals surface area contributed by atoms with Gasteiger partial charge in [0, 0.05) is 37.4 Å². The number of hydrogen-bond donors (Lipinski definition) is 2. The molecule has 37 heavy (non-hydrogen) atoms. The normalized spacial score (nSPS) is 18.7. The van der Waals surface area contributed by atoms with Crippen LogP contribution in [0.25, 0.3) is 11.8 Å². The van der Waals surface area contributed by atoms with Crippen molar-refractivity contribution in [1.29, 1.82) is 0 Å². The lowest BCUT2D eigenvalue weighted by Crippen LogP contribution is -2.47. The molecule has 0 bridgehead atoms. The molecule has 1 saturated heterocycles. The van der Waals surface area contributed by atoms with E-state index in [0.29, 0.717) is 24.7 Å². The topological polar surface area (TPSA) is 95.7 Å². The average Bonchev–Trinajstić information content (AvgIpc) is 3.41. The van der Waals surface area contributed by atoms with Crippen LogP contribution in [0.2, 0.25) is 0 Å². The minimum atomic E-state index is -3.56. The van der Waals surface area contributed by atoms with Crippen molar-refractivity contribution in [2.75, 3.05) is 33.2 Å². The first-order chi connectivity index (χ1) is 17.8. The first-order valence-electron chi connectivity index (χ1n) is 13.1. The highest BCUT2D eigenvalue weighted by atomic mass is 32.2. The molecule has 8 heteroatoms. The molecular weight excluding hydrogens is 484 g/mol. The highest BCUT2D eigenvalue weighted by Gasteiger charge is 2.30. The predicted octanol–water partition coefficient (Wildman–Crippen LogP) is 4.00. The number of amides is 1. The molecule has 1 amide bonds. The Morgan fingerprint density at radius 2 is 1.73 bits per heavy atom.